The molecule has 2 aromatic rings. The molecule has 2 atom stereocenters. The molecule has 0 saturated carbocycles. The molecule has 3 N–H and O–H groups in total. The Balaban J connectivity index is 2.09. The predicted octanol–water partition coefficient (Wildman–Crippen LogP) is 1.81. The van der Waals surface area contributed by atoms with Gasteiger partial charge in [0.25, 0.3) is 15.0 Å². The van der Waals surface area contributed by atoms with Crippen LogP contribution in [0.3, 0.4) is 0 Å². The van der Waals surface area contributed by atoms with Crippen molar-refractivity contribution in [3.05, 3.63) is 42.5 Å². The van der Waals surface area contributed by atoms with Crippen LogP contribution in [0.15, 0.2) is 57.6 Å². The first kappa shape index (κ1) is 29.2. The molecule has 2 rings (SSSR count). The minimum absolute atomic E-state index is 0.128. The van der Waals surface area contributed by atoms with Gasteiger partial charge in [0.05, 0.1) is 37.1 Å². The summed E-state index contributed by atoms with van der Waals surface area (Å²) in [7, 11) is -4.91. The molecule has 0 aliphatic carbocycles. The summed E-state index contributed by atoms with van der Waals surface area (Å²) in [6.07, 6.45) is 0. The van der Waals surface area contributed by atoms with E-state index >= 15 is 0 Å². The molecule has 13 nitrogen and oxygen atoms in total. The quantitative estimate of drug-likeness (QED) is 0.186. The summed E-state index contributed by atoms with van der Waals surface area (Å²) < 4.78 is 61.2. The van der Waals surface area contributed by atoms with E-state index in [1.54, 1.807) is 18.2 Å². The smallest absolute Gasteiger partial charge is 0.266 e. The Labute approximate surface area is 213 Å². The largest absolute Gasteiger partial charge is 0.497 e. The SMILES string of the molecule is COc1ccc(NC(=O)[C@@H](N=Nc2ccc(S(=O)(=O)NCCOS(=O)(O)=S)cc2)C(C)=O)c(OC)c1. The highest BCUT2D eigenvalue weighted by Crippen LogP contribution is 2.29. The third kappa shape index (κ3) is 8.89. The summed E-state index contributed by atoms with van der Waals surface area (Å²) in [6, 6.07) is 8.33. The molecule has 1 unspecified atom stereocenters. The van der Waals surface area contributed by atoms with E-state index in [-0.39, 0.29) is 17.1 Å². The number of anilines is 1. The van der Waals surface area contributed by atoms with Crippen LogP contribution in [0.5, 0.6) is 11.5 Å². The van der Waals surface area contributed by atoms with Crippen molar-refractivity contribution in [2.45, 2.75) is 17.9 Å². The number of nitrogens with zero attached hydrogens (tertiary/aromatic N) is 2. The normalized spacial score (nSPS) is 14.1. The third-order valence-corrected chi connectivity index (χ3v) is 6.59. The van der Waals surface area contributed by atoms with Gasteiger partial charge in [-0.2, -0.15) is 14.4 Å². The first-order valence-electron chi connectivity index (χ1n) is 10.0. The summed E-state index contributed by atoms with van der Waals surface area (Å²) in [5, 5.41) is 10.2. The highest BCUT2D eigenvalue weighted by Gasteiger charge is 2.24. The summed E-state index contributed by atoms with van der Waals surface area (Å²) in [5.41, 5.74) is 0.482. The second-order valence-corrected chi connectivity index (χ2v) is 11.0. The molecule has 2 aromatic carbocycles. The van der Waals surface area contributed by atoms with E-state index in [1.807, 2.05) is 0 Å². The van der Waals surface area contributed by atoms with E-state index in [4.69, 9.17) is 14.0 Å². The van der Waals surface area contributed by atoms with Crippen molar-refractivity contribution >= 4 is 53.3 Å². The van der Waals surface area contributed by atoms with Crippen LogP contribution in [0.2, 0.25) is 0 Å². The predicted molar refractivity (Wildman–Crippen MR) is 133 cm³/mol. The maximum absolute atomic E-state index is 12.7. The molecule has 0 radical (unpaired) electrons. The molecule has 0 saturated heterocycles. The number of hydrogen-bond acceptors (Lipinski definition) is 11. The van der Waals surface area contributed by atoms with Gasteiger partial charge < -0.3 is 14.8 Å². The lowest BCUT2D eigenvalue weighted by atomic mass is 10.2. The van der Waals surface area contributed by atoms with Crippen molar-refractivity contribution in [2.24, 2.45) is 10.2 Å². The number of nitrogens with one attached hydrogen (secondary N) is 2. The van der Waals surface area contributed by atoms with Crippen LogP contribution in [0.25, 0.3) is 0 Å². The van der Waals surface area contributed by atoms with Crippen LogP contribution >= 0.6 is 0 Å². The van der Waals surface area contributed by atoms with Crippen LogP contribution in [0.4, 0.5) is 11.4 Å². The molecule has 0 spiro atoms. The second kappa shape index (κ2) is 12.8. The molecule has 0 aromatic heterocycles. The number of ketones is 1. The Bertz CT molecular complexity index is 1330. The van der Waals surface area contributed by atoms with Gasteiger partial charge in [-0.05, 0) is 43.3 Å². The molecule has 196 valence electrons. The Hall–Kier alpha value is -3.02. The number of benzene rings is 2. The Morgan fingerprint density at radius 1 is 1.08 bits per heavy atom. The van der Waals surface area contributed by atoms with Gasteiger partial charge in [0.2, 0.25) is 16.1 Å². The monoisotopic (exact) mass is 560 g/mol. The van der Waals surface area contributed by atoms with Gasteiger partial charge in [-0.3, -0.25) is 18.3 Å². The first-order valence-corrected chi connectivity index (χ1v) is 13.9. The van der Waals surface area contributed by atoms with E-state index in [2.05, 4.69) is 35.6 Å². The highest BCUT2D eigenvalue weighted by atomic mass is 32.9. The van der Waals surface area contributed by atoms with E-state index in [0.29, 0.717) is 17.2 Å². The number of ether oxygens (including phenoxy) is 2. The second-order valence-electron chi connectivity index (χ2n) is 6.93. The number of azo groups is 1. The molecular formula is C20H24N4O9S3. The number of rotatable bonds is 13. The Morgan fingerprint density at radius 3 is 2.31 bits per heavy atom. The Kier molecular flexibility index (Phi) is 10.4. The first-order chi connectivity index (χ1) is 16.9. The number of Topliss-reactive ketones (excluding diaryl/α,β-unsaturated/α-hetero) is 1. The van der Waals surface area contributed by atoms with Gasteiger partial charge in [0.15, 0.2) is 5.78 Å². The number of methoxy groups -OCH3 is 2. The standard InChI is InChI=1S/C20H24N4O9S3/c1-13(25)19(20(26)22-17-9-6-15(31-2)12-18(17)32-3)24-23-14-4-7-16(8-5-14)35(27,28)21-10-11-33-36(29,30)34/h4-9,12,19,21H,10-11H2,1-3H3,(H,22,26)(H,29,30,34)/t19-/m0/s1. The summed E-state index contributed by atoms with van der Waals surface area (Å²) in [4.78, 5) is 24.6. The lowest BCUT2D eigenvalue weighted by Crippen LogP contribution is -2.32. The third-order valence-electron chi connectivity index (χ3n) is 4.36. The van der Waals surface area contributed by atoms with Crippen LogP contribution in [0, 0.1) is 0 Å². The molecule has 1 amide bonds. The average molecular weight is 561 g/mol. The number of amides is 1. The fraction of sp³-hybridized carbons (Fsp3) is 0.300. The lowest BCUT2D eigenvalue weighted by Gasteiger charge is -2.13. The van der Waals surface area contributed by atoms with Crippen LogP contribution in [0.1, 0.15) is 6.92 Å². The molecule has 0 bridgehead atoms. The molecule has 36 heavy (non-hydrogen) atoms. The van der Waals surface area contributed by atoms with E-state index < -0.39 is 43.4 Å². The number of sulfonamides is 1. The van der Waals surface area contributed by atoms with Gasteiger partial charge in [-0.1, -0.05) is 0 Å². The molecule has 0 fully saturated rings. The van der Waals surface area contributed by atoms with E-state index in [1.165, 1.54) is 45.4 Å². The van der Waals surface area contributed by atoms with Crippen molar-refractivity contribution in [3.63, 3.8) is 0 Å². The van der Waals surface area contributed by atoms with Crippen LogP contribution < -0.4 is 19.5 Å². The van der Waals surface area contributed by atoms with Gasteiger partial charge >= 0.3 is 0 Å². The zero-order valence-electron chi connectivity index (χ0n) is 19.4. The Morgan fingerprint density at radius 2 is 1.75 bits per heavy atom. The number of carbonyl (C=O) groups is 2. The van der Waals surface area contributed by atoms with E-state index in [0.717, 1.165) is 0 Å². The van der Waals surface area contributed by atoms with Crippen molar-refractivity contribution < 1.29 is 40.4 Å². The molecule has 0 heterocycles. The van der Waals surface area contributed by atoms with Crippen LogP contribution in [-0.2, 0) is 44.0 Å². The summed E-state index contributed by atoms with van der Waals surface area (Å²) >= 11 is 4.14. The topological polar surface area (TPSA) is 182 Å². The van der Waals surface area contributed by atoms with Gasteiger partial charge in [0.1, 0.15) is 11.5 Å². The van der Waals surface area contributed by atoms with Crippen LogP contribution in [-0.4, -0.2) is 62.3 Å². The molecule has 0 aliphatic rings. The van der Waals surface area contributed by atoms with Gasteiger partial charge in [0, 0.05) is 23.8 Å². The van der Waals surface area contributed by atoms with Crippen molar-refractivity contribution in [2.75, 3.05) is 32.7 Å². The van der Waals surface area contributed by atoms with Gasteiger partial charge in [-0.25, -0.2) is 13.1 Å². The average Bonchev–Trinajstić information content (AvgIpc) is 2.81. The molecular weight excluding hydrogens is 536 g/mol. The fourth-order valence-electron chi connectivity index (χ4n) is 2.64. The van der Waals surface area contributed by atoms with Crippen molar-refractivity contribution in [3.8, 4) is 11.5 Å². The highest BCUT2D eigenvalue weighted by molar-refractivity contribution is 8.27. The van der Waals surface area contributed by atoms with Crippen molar-refractivity contribution in [1.82, 2.24) is 4.72 Å². The lowest BCUT2D eigenvalue weighted by molar-refractivity contribution is -0.126. The van der Waals surface area contributed by atoms with Crippen molar-refractivity contribution in [1.29, 1.82) is 0 Å². The number of carbonyl (C=O) groups excluding carboxylic acids is 2. The summed E-state index contributed by atoms with van der Waals surface area (Å²) in [6.45, 7) is 0.494. The maximum Gasteiger partial charge on any atom is 0.266 e. The zero-order valence-corrected chi connectivity index (χ0v) is 21.8. The van der Waals surface area contributed by atoms with E-state index in [9.17, 15) is 22.2 Å². The molecule has 16 heteroatoms. The fourth-order valence-corrected chi connectivity index (χ4v) is 4.16. The summed E-state index contributed by atoms with van der Waals surface area (Å²) in [5.74, 6) is -0.492. The zero-order chi connectivity index (χ0) is 26.9. The molecule has 0 aliphatic heterocycles. The minimum atomic E-state index is -3.95. The minimum Gasteiger partial charge on any atom is -0.497 e. The number of hydrogen-bond donors (Lipinski definition) is 3. The van der Waals surface area contributed by atoms with Gasteiger partial charge in [-0.15, -0.1) is 0 Å². The maximum atomic E-state index is 12.7.